The Hall–Kier alpha value is -0.610. The molecule has 18 heavy (non-hydrogen) atoms. The summed E-state index contributed by atoms with van der Waals surface area (Å²) in [5.74, 6) is 0.501. The average Bonchev–Trinajstić information content (AvgIpc) is 2.40. The van der Waals surface area contributed by atoms with Crippen LogP contribution in [-0.4, -0.2) is 26.8 Å². The van der Waals surface area contributed by atoms with E-state index in [-0.39, 0.29) is 5.82 Å². The Labute approximate surface area is 116 Å². The molecule has 0 amide bonds. The highest BCUT2D eigenvalue weighted by Gasteiger charge is 2.20. The van der Waals surface area contributed by atoms with Crippen molar-refractivity contribution in [3.05, 3.63) is 29.6 Å². The van der Waals surface area contributed by atoms with E-state index in [2.05, 4.69) is 20.8 Å². The maximum atomic E-state index is 13.2. The monoisotopic (exact) mass is 315 g/mol. The van der Waals surface area contributed by atoms with Gasteiger partial charge < -0.3 is 9.64 Å². The van der Waals surface area contributed by atoms with Crippen molar-refractivity contribution >= 4 is 21.6 Å². The van der Waals surface area contributed by atoms with Crippen LogP contribution in [0.1, 0.15) is 18.4 Å². The van der Waals surface area contributed by atoms with Crippen LogP contribution >= 0.6 is 15.9 Å². The minimum atomic E-state index is -0.164. The molecule has 0 N–H and O–H groups in total. The van der Waals surface area contributed by atoms with Crippen molar-refractivity contribution in [3.63, 3.8) is 0 Å². The molecule has 1 aromatic rings. The molecule has 0 atom stereocenters. The van der Waals surface area contributed by atoms with Crippen molar-refractivity contribution in [2.75, 3.05) is 31.7 Å². The van der Waals surface area contributed by atoms with Gasteiger partial charge in [0.05, 0.1) is 0 Å². The van der Waals surface area contributed by atoms with Crippen LogP contribution in [0, 0.1) is 11.7 Å². The van der Waals surface area contributed by atoms with Crippen molar-refractivity contribution in [3.8, 4) is 0 Å². The number of ether oxygens (including phenoxy) is 1. The normalized spacial score (nSPS) is 17.2. The second-order valence-corrected chi connectivity index (χ2v) is 5.35. The molecular weight excluding hydrogens is 297 g/mol. The summed E-state index contributed by atoms with van der Waals surface area (Å²) in [5.41, 5.74) is 2.18. The van der Waals surface area contributed by atoms with Gasteiger partial charge in [-0.3, -0.25) is 0 Å². The molecule has 1 aliphatic heterocycles. The van der Waals surface area contributed by atoms with Gasteiger partial charge >= 0.3 is 0 Å². The van der Waals surface area contributed by atoms with E-state index in [1.165, 1.54) is 0 Å². The fourth-order valence-corrected chi connectivity index (χ4v) is 2.99. The van der Waals surface area contributed by atoms with Crippen LogP contribution in [0.5, 0.6) is 0 Å². The summed E-state index contributed by atoms with van der Waals surface area (Å²) in [4.78, 5) is 2.35. The Kier molecular flexibility index (Phi) is 5.01. The second-order valence-electron chi connectivity index (χ2n) is 4.79. The molecule has 0 saturated carbocycles. The smallest absolute Gasteiger partial charge is 0.123 e. The fraction of sp³-hybridized carbons (Fsp3) is 0.571. The summed E-state index contributed by atoms with van der Waals surface area (Å²) in [6.07, 6.45) is 2.29. The zero-order chi connectivity index (χ0) is 13.0. The van der Waals surface area contributed by atoms with E-state index in [0.717, 1.165) is 43.8 Å². The van der Waals surface area contributed by atoms with E-state index in [1.807, 2.05) is 6.07 Å². The van der Waals surface area contributed by atoms with Crippen LogP contribution < -0.4 is 4.90 Å². The first-order valence-corrected chi connectivity index (χ1v) is 7.45. The van der Waals surface area contributed by atoms with Gasteiger partial charge in [0.25, 0.3) is 0 Å². The molecule has 2 rings (SSSR count). The maximum Gasteiger partial charge on any atom is 0.123 e. The minimum Gasteiger partial charge on any atom is -0.384 e. The van der Waals surface area contributed by atoms with Gasteiger partial charge in [0.1, 0.15) is 5.82 Å². The van der Waals surface area contributed by atoms with Crippen molar-refractivity contribution in [2.45, 2.75) is 18.2 Å². The van der Waals surface area contributed by atoms with Gasteiger partial charge in [-0.15, -0.1) is 0 Å². The first-order valence-electron chi connectivity index (χ1n) is 6.33. The van der Waals surface area contributed by atoms with Crippen molar-refractivity contribution in [1.82, 2.24) is 0 Å². The number of methoxy groups -OCH3 is 1. The van der Waals surface area contributed by atoms with Crippen molar-refractivity contribution in [1.29, 1.82) is 0 Å². The lowest BCUT2D eigenvalue weighted by Crippen LogP contribution is -2.35. The Morgan fingerprint density at radius 3 is 2.72 bits per heavy atom. The summed E-state index contributed by atoms with van der Waals surface area (Å²) < 4.78 is 18.4. The molecule has 0 radical (unpaired) electrons. The Morgan fingerprint density at radius 2 is 2.11 bits per heavy atom. The first-order chi connectivity index (χ1) is 8.74. The van der Waals surface area contributed by atoms with E-state index in [1.54, 1.807) is 19.2 Å². The van der Waals surface area contributed by atoms with Crippen LogP contribution in [0.3, 0.4) is 0 Å². The quantitative estimate of drug-likeness (QED) is 0.787. The number of hydrogen-bond acceptors (Lipinski definition) is 2. The molecule has 1 heterocycles. The first kappa shape index (κ1) is 13.8. The molecule has 0 aromatic heterocycles. The minimum absolute atomic E-state index is 0.164. The summed E-state index contributed by atoms with van der Waals surface area (Å²) in [7, 11) is 1.76. The fourth-order valence-electron chi connectivity index (χ4n) is 2.55. The van der Waals surface area contributed by atoms with Gasteiger partial charge in [-0.05, 0) is 42.5 Å². The Bertz CT molecular complexity index is 391. The highest BCUT2D eigenvalue weighted by atomic mass is 79.9. The molecular formula is C14H19BrFNO. The summed E-state index contributed by atoms with van der Waals surface area (Å²) in [6.45, 7) is 2.90. The van der Waals surface area contributed by atoms with Crippen LogP contribution in [0.15, 0.2) is 18.2 Å². The molecule has 4 heteroatoms. The predicted molar refractivity (Wildman–Crippen MR) is 75.8 cm³/mol. The van der Waals surface area contributed by atoms with E-state index >= 15 is 0 Å². The zero-order valence-corrected chi connectivity index (χ0v) is 12.2. The number of rotatable bonds is 4. The predicted octanol–water partition coefficient (Wildman–Crippen LogP) is 3.58. The summed E-state index contributed by atoms with van der Waals surface area (Å²) in [6, 6.07) is 5.05. The third kappa shape index (κ3) is 3.23. The number of anilines is 1. The summed E-state index contributed by atoms with van der Waals surface area (Å²) >= 11 is 3.43. The zero-order valence-electron chi connectivity index (χ0n) is 10.7. The van der Waals surface area contributed by atoms with Gasteiger partial charge in [-0.25, -0.2) is 4.39 Å². The van der Waals surface area contributed by atoms with Crippen LogP contribution in [-0.2, 0) is 10.1 Å². The largest absolute Gasteiger partial charge is 0.384 e. The molecule has 0 unspecified atom stereocenters. The van der Waals surface area contributed by atoms with Crippen LogP contribution in [0.4, 0.5) is 10.1 Å². The lowest BCUT2D eigenvalue weighted by molar-refractivity contribution is 0.139. The third-order valence-corrected chi connectivity index (χ3v) is 4.15. The van der Waals surface area contributed by atoms with Crippen molar-refractivity contribution < 1.29 is 9.13 Å². The van der Waals surface area contributed by atoms with Crippen LogP contribution in [0.25, 0.3) is 0 Å². The number of alkyl halides is 1. The van der Waals surface area contributed by atoms with E-state index < -0.39 is 0 Å². The third-order valence-electron chi connectivity index (χ3n) is 3.54. The molecule has 2 nitrogen and oxygen atoms in total. The van der Waals surface area contributed by atoms with E-state index in [9.17, 15) is 4.39 Å². The molecule has 1 saturated heterocycles. The van der Waals surface area contributed by atoms with Gasteiger partial charge in [0.2, 0.25) is 0 Å². The summed E-state index contributed by atoms with van der Waals surface area (Å²) in [5, 5.41) is 0.693. The van der Waals surface area contributed by atoms with Gasteiger partial charge in [-0.2, -0.15) is 0 Å². The highest BCUT2D eigenvalue weighted by molar-refractivity contribution is 9.08. The van der Waals surface area contributed by atoms with Gasteiger partial charge in [0, 0.05) is 37.8 Å². The molecule has 1 fully saturated rings. The standard InChI is InChI=1S/C14H19BrFNO/c1-18-10-11-4-6-17(7-5-11)14-3-2-13(16)8-12(14)9-15/h2-3,8,11H,4-7,9-10H2,1H3. The van der Waals surface area contributed by atoms with E-state index in [4.69, 9.17) is 4.74 Å². The number of piperidine rings is 1. The molecule has 0 aliphatic carbocycles. The van der Waals surface area contributed by atoms with Gasteiger partial charge in [0.15, 0.2) is 0 Å². The number of halogens is 2. The van der Waals surface area contributed by atoms with Crippen molar-refractivity contribution in [2.24, 2.45) is 5.92 Å². The topological polar surface area (TPSA) is 12.5 Å². The lowest BCUT2D eigenvalue weighted by atomic mass is 9.97. The number of hydrogen-bond donors (Lipinski definition) is 0. The molecule has 1 aromatic carbocycles. The molecule has 100 valence electrons. The molecule has 1 aliphatic rings. The maximum absolute atomic E-state index is 13.2. The average molecular weight is 316 g/mol. The Morgan fingerprint density at radius 1 is 1.39 bits per heavy atom. The lowest BCUT2D eigenvalue weighted by Gasteiger charge is -2.34. The second kappa shape index (κ2) is 6.53. The highest BCUT2D eigenvalue weighted by Crippen LogP contribution is 2.28. The van der Waals surface area contributed by atoms with Crippen LogP contribution in [0.2, 0.25) is 0 Å². The van der Waals surface area contributed by atoms with E-state index in [0.29, 0.717) is 11.2 Å². The SMILES string of the molecule is COCC1CCN(c2ccc(F)cc2CBr)CC1. The molecule has 0 bridgehead atoms. The number of nitrogens with zero attached hydrogens (tertiary/aromatic N) is 1. The number of benzene rings is 1. The van der Waals surface area contributed by atoms with Gasteiger partial charge in [-0.1, -0.05) is 15.9 Å². The Balaban J connectivity index is 2.05. The molecule has 0 spiro atoms.